The third kappa shape index (κ3) is 2.39. The molecule has 4 nitrogen and oxygen atoms in total. The fourth-order valence-corrected chi connectivity index (χ4v) is 1.96. The van der Waals surface area contributed by atoms with E-state index in [2.05, 4.69) is 4.98 Å². The van der Waals surface area contributed by atoms with Crippen molar-refractivity contribution in [1.29, 1.82) is 0 Å². The molecule has 0 unspecified atom stereocenters. The third-order valence-electron chi connectivity index (χ3n) is 2.81. The summed E-state index contributed by atoms with van der Waals surface area (Å²) in [4.78, 5) is 15.9. The molecule has 1 aromatic rings. The molecule has 18 heavy (non-hydrogen) atoms. The SMILES string of the molecule is O=C(O)c1ccc(C(F)(F)F)c(N2CCCC2)n1. The van der Waals surface area contributed by atoms with Crippen molar-refractivity contribution in [2.45, 2.75) is 19.0 Å². The molecule has 0 aromatic carbocycles. The Morgan fingerprint density at radius 3 is 2.39 bits per heavy atom. The Kier molecular flexibility index (Phi) is 3.14. The van der Waals surface area contributed by atoms with E-state index in [1.165, 1.54) is 4.90 Å². The summed E-state index contributed by atoms with van der Waals surface area (Å²) in [6.07, 6.45) is -2.95. The zero-order valence-electron chi connectivity index (χ0n) is 9.37. The zero-order valence-corrected chi connectivity index (χ0v) is 9.37. The number of aromatic nitrogens is 1. The quantitative estimate of drug-likeness (QED) is 0.887. The van der Waals surface area contributed by atoms with E-state index in [0.29, 0.717) is 13.1 Å². The molecule has 0 radical (unpaired) electrons. The molecule has 2 rings (SSSR count). The first-order chi connectivity index (χ1) is 8.39. The highest BCUT2D eigenvalue weighted by Gasteiger charge is 2.36. The van der Waals surface area contributed by atoms with Crippen LogP contribution in [0.1, 0.15) is 28.9 Å². The molecule has 0 atom stereocenters. The second kappa shape index (κ2) is 4.47. The minimum atomic E-state index is -4.53. The number of hydrogen-bond donors (Lipinski definition) is 1. The molecule has 0 bridgehead atoms. The van der Waals surface area contributed by atoms with Gasteiger partial charge in [-0.25, -0.2) is 9.78 Å². The average molecular weight is 260 g/mol. The first-order valence-electron chi connectivity index (χ1n) is 5.46. The highest BCUT2D eigenvalue weighted by Crippen LogP contribution is 2.36. The molecule has 1 fully saturated rings. The molecule has 1 N–H and O–H groups in total. The number of aromatic carboxylic acids is 1. The summed E-state index contributed by atoms with van der Waals surface area (Å²) >= 11 is 0. The summed E-state index contributed by atoms with van der Waals surface area (Å²) in [5.41, 5.74) is -1.25. The van der Waals surface area contributed by atoms with E-state index in [0.717, 1.165) is 25.0 Å². The highest BCUT2D eigenvalue weighted by molar-refractivity contribution is 5.86. The summed E-state index contributed by atoms with van der Waals surface area (Å²) < 4.78 is 38.5. The predicted octanol–water partition coefficient (Wildman–Crippen LogP) is 2.40. The minimum Gasteiger partial charge on any atom is -0.477 e. The van der Waals surface area contributed by atoms with Crippen molar-refractivity contribution in [2.24, 2.45) is 0 Å². The van der Waals surface area contributed by atoms with Gasteiger partial charge in [0, 0.05) is 13.1 Å². The lowest BCUT2D eigenvalue weighted by atomic mass is 10.2. The van der Waals surface area contributed by atoms with E-state index in [-0.39, 0.29) is 11.5 Å². The Labute approximate surface area is 101 Å². The standard InChI is InChI=1S/C11H11F3N2O2/c12-11(13,14)7-3-4-8(10(17)18)15-9(7)16-5-1-2-6-16/h3-4H,1-2,5-6H2,(H,17,18). The van der Waals surface area contributed by atoms with Crippen LogP contribution in [0.2, 0.25) is 0 Å². The lowest BCUT2D eigenvalue weighted by molar-refractivity contribution is -0.137. The molecule has 0 spiro atoms. The molecule has 0 saturated carbocycles. The van der Waals surface area contributed by atoms with Crippen molar-refractivity contribution in [3.63, 3.8) is 0 Å². The molecule has 98 valence electrons. The fourth-order valence-electron chi connectivity index (χ4n) is 1.96. The van der Waals surface area contributed by atoms with Crippen LogP contribution in [-0.4, -0.2) is 29.1 Å². The van der Waals surface area contributed by atoms with Crippen molar-refractivity contribution in [3.8, 4) is 0 Å². The van der Waals surface area contributed by atoms with Gasteiger partial charge in [0.25, 0.3) is 0 Å². The van der Waals surface area contributed by atoms with Crippen LogP contribution in [0.5, 0.6) is 0 Å². The number of alkyl halides is 3. The second-order valence-electron chi connectivity index (χ2n) is 4.06. The summed E-state index contributed by atoms with van der Waals surface area (Å²) in [5, 5.41) is 8.78. The molecule has 0 amide bonds. The number of carboxylic acids is 1. The summed E-state index contributed by atoms with van der Waals surface area (Å²) in [5.74, 6) is -1.61. The van der Waals surface area contributed by atoms with Crippen LogP contribution in [0.15, 0.2) is 12.1 Å². The molecule has 0 aliphatic carbocycles. The third-order valence-corrected chi connectivity index (χ3v) is 2.81. The van der Waals surface area contributed by atoms with E-state index in [1.807, 2.05) is 0 Å². The van der Waals surface area contributed by atoms with Crippen LogP contribution >= 0.6 is 0 Å². The van der Waals surface area contributed by atoms with Gasteiger partial charge in [-0.3, -0.25) is 0 Å². The number of anilines is 1. The van der Waals surface area contributed by atoms with Crippen molar-refractivity contribution in [3.05, 3.63) is 23.4 Å². The van der Waals surface area contributed by atoms with Crippen LogP contribution in [0, 0.1) is 0 Å². The van der Waals surface area contributed by atoms with E-state index in [9.17, 15) is 18.0 Å². The molecular formula is C11H11F3N2O2. The molecule has 1 saturated heterocycles. The highest BCUT2D eigenvalue weighted by atomic mass is 19.4. The van der Waals surface area contributed by atoms with Crippen LogP contribution in [0.25, 0.3) is 0 Å². The molecule has 1 aliphatic heterocycles. The Balaban J connectivity index is 2.49. The van der Waals surface area contributed by atoms with Crippen molar-refractivity contribution < 1.29 is 23.1 Å². The van der Waals surface area contributed by atoms with Gasteiger partial charge in [0.2, 0.25) is 0 Å². The van der Waals surface area contributed by atoms with Gasteiger partial charge < -0.3 is 10.0 Å². The molecule has 1 aliphatic rings. The average Bonchev–Trinajstić information content (AvgIpc) is 2.80. The van der Waals surface area contributed by atoms with E-state index < -0.39 is 17.7 Å². The molecule has 2 heterocycles. The number of nitrogens with zero attached hydrogens (tertiary/aromatic N) is 2. The van der Waals surface area contributed by atoms with Gasteiger partial charge >= 0.3 is 12.1 Å². The summed E-state index contributed by atoms with van der Waals surface area (Å²) in [6, 6.07) is 1.66. The van der Waals surface area contributed by atoms with Crippen molar-refractivity contribution in [1.82, 2.24) is 4.98 Å². The second-order valence-corrected chi connectivity index (χ2v) is 4.06. The Bertz CT molecular complexity index is 468. The zero-order chi connectivity index (χ0) is 13.3. The summed E-state index contributed by atoms with van der Waals surface area (Å²) in [7, 11) is 0. The Hall–Kier alpha value is -1.79. The van der Waals surface area contributed by atoms with Crippen LogP contribution in [0.3, 0.4) is 0 Å². The molecule has 1 aromatic heterocycles. The summed E-state index contributed by atoms with van der Waals surface area (Å²) in [6.45, 7) is 0.943. The van der Waals surface area contributed by atoms with Gasteiger partial charge in [-0.05, 0) is 25.0 Å². The lowest BCUT2D eigenvalue weighted by Crippen LogP contribution is -2.24. The van der Waals surface area contributed by atoms with E-state index >= 15 is 0 Å². The first-order valence-corrected chi connectivity index (χ1v) is 5.46. The van der Waals surface area contributed by atoms with E-state index in [1.54, 1.807) is 0 Å². The van der Waals surface area contributed by atoms with Gasteiger partial charge in [-0.2, -0.15) is 13.2 Å². The van der Waals surface area contributed by atoms with Crippen LogP contribution in [0.4, 0.5) is 19.0 Å². The first kappa shape index (κ1) is 12.7. The molecule has 7 heteroatoms. The number of halogens is 3. The maximum Gasteiger partial charge on any atom is 0.419 e. The van der Waals surface area contributed by atoms with Crippen LogP contribution in [-0.2, 0) is 6.18 Å². The number of pyridine rings is 1. The van der Waals surface area contributed by atoms with Gasteiger partial charge in [0.1, 0.15) is 5.82 Å². The fraction of sp³-hybridized carbons (Fsp3) is 0.455. The lowest BCUT2D eigenvalue weighted by Gasteiger charge is -2.21. The number of hydrogen-bond acceptors (Lipinski definition) is 3. The van der Waals surface area contributed by atoms with Gasteiger partial charge in [0.05, 0.1) is 5.56 Å². The normalized spacial score (nSPS) is 16.1. The van der Waals surface area contributed by atoms with E-state index in [4.69, 9.17) is 5.11 Å². The smallest absolute Gasteiger partial charge is 0.419 e. The topological polar surface area (TPSA) is 53.4 Å². The largest absolute Gasteiger partial charge is 0.477 e. The monoisotopic (exact) mass is 260 g/mol. The van der Waals surface area contributed by atoms with Crippen molar-refractivity contribution in [2.75, 3.05) is 18.0 Å². The maximum absolute atomic E-state index is 12.8. The Morgan fingerprint density at radius 2 is 1.89 bits per heavy atom. The predicted molar refractivity (Wildman–Crippen MR) is 57.6 cm³/mol. The van der Waals surface area contributed by atoms with Crippen LogP contribution < -0.4 is 4.90 Å². The van der Waals surface area contributed by atoms with Crippen molar-refractivity contribution >= 4 is 11.8 Å². The maximum atomic E-state index is 12.8. The minimum absolute atomic E-state index is 0.278. The number of carbonyl (C=O) groups is 1. The van der Waals surface area contributed by atoms with Gasteiger partial charge in [-0.15, -0.1) is 0 Å². The Morgan fingerprint density at radius 1 is 1.28 bits per heavy atom. The van der Waals surface area contributed by atoms with Gasteiger partial charge in [0.15, 0.2) is 5.69 Å². The molecular weight excluding hydrogens is 249 g/mol. The number of carboxylic acid groups (broad SMARTS) is 1. The number of rotatable bonds is 2. The van der Waals surface area contributed by atoms with Gasteiger partial charge in [-0.1, -0.05) is 0 Å².